The first-order chi connectivity index (χ1) is 8.20. The summed E-state index contributed by atoms with van der Waals surface area (Å²) in [4.78, 5) is 9.93. The smallest absolute Gasteiger partial charge is 0.303 e. The Bertz CT molecular complexity index is 291. The Kier molecular flexibility index (Phi) is 9.89. The molecule has 5 nitrogen and oxygen atoms in total. The van der Waals surface area contributed by atoms with Crippen molar-refractivity contribution in [1.29, 1.82) is 0 Å². The van der Waals surface area contributed by atoms with Gasteiger partial charge in [0.25, 0.3) is 0 Å². The lowest BCUT2D eigenvalue weighted by Crippen LogP contribution is -2.05. The Hall–Kier alpha value is -1.59. The predicted octanol–water partition coefficient (Wildman–Crippen LogP) is 1.56. The van der Waals surface area contributed by atoms with Crippen molar-refractivity contribution in [3.05, 3.63) is 30.3 Å². The van der Waals surface area contributed by atoms with Gasteiger partial charge in [-0.25, -0.2) is 0 Å². The van der Waals surface area contributed by atoms with E-state index in [4.69, 9.17) is 16.7 Å². The molecule has 0 heterocycles. The van der Waals surface area contributed by atoms with E-state index in [1.807, 2.05) is 30.3 Å². The van der Waals surface area contributed by atoms with Gasteiger partial charge in [-0.3, -0.25) is 10.6 Å². The molecule has 0 atom stereocenters. The number of para-hydroxylation sites is 1. The van der Waals surface area contributed by atoms with E-state index < -0.39 is 5.97 Å². The molecule has 96 valence electrons. The molecule has 0 saturated heterocycles. The Balaban J connectivity index is 0.000000302. The molecule has 1 rings (SSSR count). The molecular formula is C12H21N3O2. The minimum atomic E-state index is -0.716. The molecule has 0 aromatic heterocycles. The van der Waals surface area contributed by atoms with Gasteiger partial charge in [-0.2, -0.15) is 0 Å². The number of aliphatic carboxylic acids is 1. The lowest BCUT2D eigenvalue weighted by atomic mass is 10.2. The highest BCUT2D eigenvalue weighted by Gasteiger charge is 1.94. The number of benzene rings is 1. The highest BCUT2D eigenvalue weighted by Crippen LogP contribution is 2.00. The number of carbonyl (C=O) groups is 1. The lowest BCUT2D eigenvalue weighted by Gasteiger charge is -1.94. The summed E-state index contributed by atoms with van der Waals surface area (Å²) >= 11 is 0. The Morgan fingerprint density at radius 3 is 2.24 bits per heavy atom. The highest BCUT2D eigenvalue weighted by molar-refractivity contribution is 5.66. The number of carboxylic acid groups (broad SMARTS) is 1. The normalized spacial score (nSPS) is 9.06. The summed E-state index contributed by atoms with van der Waals surface area (Å²) in [6, 6.07) is 9.60. The highest BCUT2D eigenvalue weighted by atomic mass is 16.4. The van der Waals surface area contributed by atoms with Gasteiger partial charge in [0.2, 0.25) is 0 Å². The monoisotopic (exact) mass is 239 g/mol. The zero-order valence-electron chi connectivity index (χ0n) is 9.93. The van der Waals surface area contributed by atoms with Gasteiger partial charge in [-0.1, -0.05) is 24.6 Å². The van der Waals surface area contributed by atoms with Crippen LogP contribution < -0.4 is 17.0 Å². The zero-order chi connectivity index (χ0) is 12.9. The maximum atomic E-state index is 9.93. The number of hydrogen-bond acceptors (Lipinski definition) is 4. The van der Waals surface area contributed by atoms with Gasteiger partial charge in [0.1, 0.15) is 0 Å². The first-order valence-corrected chi connectivity index (χ1v) is 5.64. The van der Waals surface area contributed by atoms with E-state index in [9.17, 15) is 4.79 Å². The fourth-order valence-corrected chi connectivity index (χ4v) is 1.13. The van der Waals surface area contributed by atoms with Gasteiger partial charge in [0.15, 0.2) is 0 Å². The first-order valence-electron chi connectivity index (χ1n) is 5.64. The van der Waals surface area contributed by atoms with Gasteiger partial charge in [0, 0.05) is 12.1 Å². The minimum Gasteiger partial charge on any atom is -0.481 e. The maximum absolute atomic E-state index is 9.93. The predicted molar refractivity (Wildman–Crippen MR) is 69.4 cm³/mol. The Labute approximate surface area is 102 Å². The molecule has 1 aromatic rings. The van der Waals surface area contributed by atoms with Crippen LogP contribution in [0.4, 0.5) is 5.69 Å². The number of hydrazine groups is 1. The molecule has 0 saturated carbocycles. The standard InChI is InChI=1S/C6H8N2.C6H13NO2/c7-8-6-4-2-1-3-5-6;7-5-3-1-2-4-6(8)9/h1-5,8H,7H2;1-5,7H2,(H,8,9). The van der Waals surface area contributed by atoms with Crippen molar-refractivity contribution in [2.75, 3.05) is 12.0 Å². The van der Waals surface area contributed by atoms with Crippen molar-refractivity contribution in [2.45, 2.75) is 25.7 Å². The van der Waals surface area contributed by atoms with E-state index in [0.717, 1.165) is 24.9 Å². The first kappa shape index (κ1) is 15.4. The second-order valence-electron chi connectivity index (χ2n) is 3.50. The summed E-state index contributed by atoms with van der Waals surface area (Å²) in [6.45, 7) is 0.666. The van der Waals surface area contributed by atoms with Crippen LogP contribution in [0.2, 0.25) is 0 Å². The van der Waals surface area contributed by atoms with Crippen molar-refractivity contribution in [3.63, 3.8) is 0 Å². The van der Waals surface area contributed by atoms with E-state index in [1.165, 1.54) is 0 Å². The molecule has 17 heavy (non-hydrogen) atoms. The number of nitrogen functional groups attached to an aromatic ring is 1. The average Bonchev–Trinajstić information content (AvgIpc) is 2.36. The van der Waals surface area contributed by atoms with Gasteiger partial charge in [0.05, 0.1) is 0 Å². The van der Waals surface area contributed by atoms with Gasteiger partial charge >= 0.3 is 5.97 Å². The van der Waals surface area contributed by atoms with Crippen molar-refractivity contribution < 1.29 is 9.90 Å². The van der Waals surface area contributed by atoms with Crippen molar-refractivity contribution in [2.24, 2.45) is 11.6 Å². The van der Waals surface area contributed by atoms with E-state index in [-0.39, 0.29) is 6.42 Å². The van der Waals surface area contributed by atoms with Crippen LogP contribution in [0.1, 0.15) is 25.7 Å². The van der Waals surface area contributed by atoms with Crippen LogP contribution in [0.15, 0.2) is 30.3 Å². The lowest BCUT2D eigenvalue weighted by molar-refractivity contribution is -0.137. The second-order valence-corrected chi connectivity index (χ2v) is 3.50. The zero-order valence-corrected chi connectivity index (χ0v) is 9.93. The fourth-order valence-electron chi connectivity index (χ4n) is 1.13. The van der Waals surface area contributed by atoms with E-state index >= 15 is 0 Å². The average molecular weight is 239 g/mol. The van der Waals surface area contributed by atoms with Crippen LogP contribution in [0.25, 0.3) is 0 Å². The summed E-state index contributed by atoms with van der Waals surface area (Å²) in [5.74, 6) is 4.38. The molecular weight excluding hydrogens is 218 g/mol. The number of carboxylic acids is 1. The minimum absolute atomic E-state index is 0.278. The molecule has 0 fully saturated rings. The van der Waals surface area contributed by atoms with Crippen molar-refractivity contribution in [1.82, 2.24) is 0 Å². The number of nitrogens with one attached hydrogen (secondary N) is 1. The molecule has 1 aromatic carbocycles. The summed E-state index contributed by atoms with van der Waals surface area (Å²) in [5.41, 5.74) is 8.66. The van der Waals surface area contributed by atoms with Crippen molar-refractivity contribution in [3.8, 4) is 0 Å². The largest absolute Gasteiger partial charge is 0.481 e. The molecule has 0 radical (unpaired) electrons. The van der Waals surface area contributed by atoms with Crippen molar-refractivity contribution >= 4 is 11.7 Å². The third kappa shape index (κ3) is 10.7. The summed E-state index contributed by atoms with van der Waals surface area (Å²) in [7, 11) is 0. The van der Waals surface area contributed by atoms with E-state index in [2.05, 4.69) is 5.43 Å². The summed E-state index contributed by atoms with van der Waals surface area (Å²) in [6.07, 6.45) is 2.91. The number of hydrogen-bond donors (Lipinski definition) is 4. The van der Waals surface area contributed by atoms with Crippen LogP contribution in [0.5, 0.6) is 0 Å². The number of rotatable bonds is 6. The van der Waals surface area contributed by atoms with Gasteiger partial charge in [-0.05, 0) is 31.5 Å². The third-order valence-corrected chi connectivity index (χ3v) is 2.04. The molecule has 0 spiro atoms. The van der Waals surface area contributed by atoms with Gasteiger partial charge < -0.3 is 16.3 Å². The second kappa shape index (κ2) is 10.9. The van der Waals surface area contributed by atoms with Crippen LogP contribution in [0, 0.1) is 0 Å². The third-order valence-electron chi connectivity index (χ3n) is 2.04. The number of unbranched alkanes of at least 4 members (excludes halogenated alkanes) is 2. The molecule has 0 aliphatic heterocycles. The molecule has 0 amide bonds. The summed E-state index contributed by atoms with van der Waals surface area (Å²) in [5, 5.41) is 8.18. The van der Waals surface area contributed by atoms with Crippen LogP contribution in [-0.2, 0) is 4.79 Å². The Morgan fingerprint density at radius 2 is 1.82 bits per heavy atom. The molecule has 6 N–H and O–H groups in total. The van der Waals surface area contributed by atoms with E-state index in [1.54, 1.807) is 0 Å². The molecule has 0 aliphatic carbocycles. The van der Waals surface area contributed by atoms with Crippen LogP contribution in [0.3, 0.4) is 0 Å². The topological polar surface area (TPSA) is 101 Å². The molecule has 0 aliphatic rings. The molecule has 0 unspecified atom stereocenters. The fraction of sp³-hybridized carbons (Fsp3) is 0.417. The maximum Gasteiger partial charge on any atom is 0.303 e. The molecule has 5 heteroatoms. The molecule has 0 bridgehead atoms. The quantitative estimate of drug-likeness (QED) is 0.343. The van der Waals surface area contributed by atoms with E-state index in [0.29, 0.717) is 6.54 Å². The Morgan fingerprint density at radius 1 is 1.18 bits per heavy atom. The van der Waals surface area contributed by atoms with Gasteiger partial charge in [-0.15, -0.1) is 0 Å². The summed E-state index contributed by atoms with van der Waals surface area (Å²) < 4.78 is 0. The number of nitrogens with two attached hydrogens (primary N) is 2. The van der Waals surface area contributed by atoms with Crippen LogP contribution in [-0.4, -0.2) is 17.6 Å². The van der Waals surface area contributed by atoms with Crippen LogP contribution >= 0.6 is 0 Å². The number of anilines is 1. The SMILES string of the molecule is NCCCCCC(=O)O.NNc1ccccc1.